The Balaban J connectivity index is 1.38. The monoisotopic (exact) mass is 1030 g/mol. The first-order valence-electron chi connectivity index (χ1n) is 32.9. The van der Waals surface area contributed by atoms with Crippen molar-refractivity contribution in [2.45, 2.75) is 358 Å². The van der Waals surface area contributed by atoms with Crippen LogP contribution in [0.2, 0.25) is 0 Å². The summed E-state index contributed by atoms with van der Waals surface area (Å²) in [5.41, 5.74) is 0. The molecule has 2 saturated heterocycles. The molecule has 2 aliphatic heterocycles. The van der Waals surface area contributed by atoms with E-state index < -0.39 is 0 Å². The molecule has 2 N–H and O–H groups in total. The highest BCUT2D eigenvalue weighted by Gasteiger charge is 2.42. The number of hydrogen-bond donors (Lipinski definition) is 2. The lowest BCUT2D eigenvalue weighted by Gasteiger charge is -2.41. The number of urea groups is 1. The van der Waals surface area contributed by atoms with E-state index in [1.807, 2.05) is 11.8 Å². The number of unbranched alkanes of at least 4 members (excludes halogenated alkanes) is 37. The van der Waals surface area contributed by atoms with Crippen LogP contribution in [0.1, 0.15) is 329 Å². The number of ether oxygens (including phenoxy) is 1. The molecule has 1 aliphatic carbocycles. The van der Waals surface area contributed by atoms with Gasteiger partial charge in [0, 0.05) is 29.5 Å². The first kappa shape index (κ1) is 65.3. The standard InChI is InChI=1S/C64H124N4O3S/c1-4-7-10-13-16-19-22-25-28-31-34-41-52-67(53-42-35-32-29-26-23-20-17-14-11-8-5-2)58-48-50-59(51-49-58)68(54-43-36-33-30-27-24-21-18-15-12-9-6-3)55-44-37-38-45-56-71-62(69)47-40-39-46-61-63-60(57-72-61)65-64(70)66-63/h58-61,63H,4-57H2,1-3H3,(H2,65,66,70)/t58?,59?,60-,61-,63-/m0/s1. The van der Waals surface area contributed by atoms with Gasteiger partial charge in [-0.25, -0.2) is 4.79 Å². The molecule has 1 saturated carbocycles. The van der Waals surface area contributed by atoms with Crippen LogP contribution in [-0.4, -0.2) is 89.8 Å². The number of thioether (sulfide) groups is 1. The topological polar surface area (TPSA) is 73.9 Å². The quantitative estimate of drug-likeness (QED) is 0.0359. The lowest BCUT2D eigenvalue weighted by Crippen LogP contribution is -2.45. The molecule has 72 heavy (non-hydrogen) atoms. The average Bonchev–Trinajstić information content (AvgIpc) is 3.95. The van der Waals surface area contributed by atoms with Crippen molar-refractivity contribution in [3.63, 3.8) is 0 Å². The first-order chi connectivity index (χ1) is 35.5. The van der Waals surface area contributed by atoms with Crippen molar-refractivity contribution in [3.05, 3.63) is 0 Å². The number of carbonyl (C=O) groups excluding carboxylic acids is 2. The summed E-state index contributed by atoms with van der Waals surface area (Å²) in [6.07, 6.45) is 65.2. The van der Waals surface area contributed by atoms with E-state index in [-0.39, 0.29) is 24.1 Å². The second-order valence-electron chi connectivity index (χ2n) is 23.7. The third-order valence-electron chi connectivity index (χ3n) is 17.3. The van der Waals surface area contributed by atoms with Gasteiger partial charge < -0.3 is 25.2 Å². The summed E-state index contributed by atoms with van der Waals surface area (Å²) < 4.78 is 5.68. The Kier molecular flexibility index (Phi) is 42.8. The molecule has 3 atom stereocenters. The number of amides is 2. The number of fused-ring (bicyclic) bond motifs is 1. The molecule has 3 aliphatic rings. The highest BCUT2D eigenvalue weighted by Crippen LogP contribution is 2.33. The van der Waals surface area contributed by atoms with Gasteiger partial charge >= 0.3 is 12.0 Å². The fraction of sp³-hybridized carbons (Fsp3) is 0.969. The molecule has 0 unspecified atom stereocenters. The van der Waals surface area contributed by atoms with Crippen molar-refractivity contribution in [1.29, 1.82) is 0 Å². The van der Waals surface area contributed by atoms with Gasteiger partial charge in [-0.3, -0.25) is 4.79 Å². The van der Waals surface area contributed by atoms with Gasteiger partial charge in [0.15, 0.2) is 0 Å². The number of hydrogen-bond acceptors (Lipinski definition) is 6. The number of rotatable bonds is 53. The zero-order chi connectivity index (χ0) is 51.2. The minimum absolute atomic E-state index is 0.0230. The van der Waals surface area contributed by atoms with Crippen LogP contribution in [0.4, 0.5) is 4.79 Å². The number of carbonyl (C=O) groups is 2. The van der Waals surface area contributed by atoms with Crippen molar-refractivity contribution in [2.24, 2.45) is 0 Å². The minimum atomic E-state index is -0.0336. The maximum absolute atomic E-state index is 12.5. The first-order valence-corrected chi connectivity index (χ1v) is 33.9. The Morgan fingerprint density at radius 1 is 0.444 bits per heavy atom. The van der Waals surface area contributed by atoms with Crippen LogP contribution in [-0.2, 0) is 9.53 Å². The summed E-state index contributed by atoms with van der Waals surface area (Å²) in [5, 5.41) is 6.57. The fourth-order valence-electron chi connectivity index (χ4n) is 12.5. The molecule has 0 aromatic heterocycles. The Morgan fingerprint density at radius 3 is 1.14 bits per heavy atom. The molecule has 8 heteroatoms. The van der Waals surface area contributed by atoms with Crippen molar-refractivity contribution >= 4 is 23.8 Å². The molecular formula is C64H124N4O3S. The molecule has 0 spiro atoms. The third-order valence-corrected chi connectivity index (χ3v) is 18.8. The lowest BCUT2D eigenvalue weighted by molar-refractivity contribution is -0.143. The van der Waals surface area contributed by atoms with E-state index in [4.69, 9.17) is 4.74 Å². The molecule has 7 nitrogen and oxygen atoms in total. The highest BCUT2D eigenvalue weighted by molar-refractivity contribution is 8.00. The Labute approximate surface area is 453 Å². The molecule has 0 aromatic carbocycles. The van der Waals surface area contributed by atoms with Crippen LogP contribution >= 0.6 is 11.8 Å². The van der Waals surface area contributed by atoms with Crippen LogP contribution in [0, 0.1) is 0 Å². The summed E-state index contributed by atoms with van der Waals surface area (Å²) in [6, 6.07) is 2.06. The fourth-order valence-corrected chi connectivity index (χ4v) is 14.0. The van der Waals surface area contributed by atoms with Crippen molar-refractivity contribution < 1.29 is 14.3 Å². The summed E-state index contributed by atoms with van der Waals surface area (Å²) in [7, 11) is 0. The largest absolute Gasteiger partial charge is 0.466 e. The summed E-state index contributed by atoms with van der Waals surface area (Å²) in [4.78, 5) is 30.2. The van der Waals surface area contributed by atoms with Crippen molar-refractivity contribution in [2.75, 3.05) is 38.5 Å². The molecule has 0 bridgehead atoms. The van der Waals surface area contributed by atoms with E-state index in [9.17, 15) is 9.59 Å². The Bertz CT molecular complexity index is 1190. The third kappa shape index (κ3) is 33.9. The Morgan fingerprint density at radius 2 is 0.778 bits per heavy atom. The predicted molar refractivity (Wildman–Crippen MR) is 316 cm³/mol. The van der Waals surface area contributed by atoms with Gasteiger partial charge in [-0.15, -0.1) is 0 Å². The van der Waals surface area contributed by atoms with Crippen LogP contribution in [0.5, 0.6) is 0 Å². The lowest BCUT2D eigenvalue weighted by atomic mass is 9.88. The minimum Gasteiger partial charge on any atom is -0.466 e. The second kappa shape index (κ2) is 47.2. The van der Waals surface area contributed by atoms with Crippen LogP contribution in [0.3, 0.4) is 0 Å². The van der Waals surface area contributed by atoms with Crippen LogP contribution in [0.15, 0.2) is 0 Å². The smallest absolute Gasteiger partial charge is 0.315 e. The summed E-state index contributed by atoms with van der Waals surface area (Å²) >= 11 is 1.95. The maximum atomic E-state index is 12.5. The second-order valence-corrected chi connectivity index (χ2v) is 25.0. The summed E-state index contributed by atoms with van der Waals surface area (Å²) in [5.74, 6) is 0.959. The number of nitrogens with zero attached hydrogens (tertiary/aromatic N) is 2. The van der Waals surface area contributed by atoms with E-state index in [0.29, 0.717) is 18.3 Å². The predicted octanol–water partition coefficient (Wildman–Crippen LogP) is 18.8. The van der Waals surface area contributed by atoms with Gasteiger partial charge in [0.25, 0.3) is 0 Å². The van der Waals surface area contributed by atoms with Gasteiger partial charge in [0.1, 0.15) is 0 Å². The maximum Gasteiger partial charge on any atom is 0.315 e. The highest BCUT2D eigenvalue weighted by atomic mass is 32.2. The normalized spacial score (nSPS) is 19.9. The zero-order valence-electron chi connectivity index (χ0n) is 48.6. The zero-order valence-corrected chi connectivity index (χ0v) is 49.4. The average molecular weight is 1030 g/mol. The van der Waals surface area contributed by atoms with Crippen LogP contribution < -0.4 is 10.6 Å². The van der Waals surface area contributed by atoms with Crippen LogP contribution in [0.25, 0.3) is 0 Å². The van der Waals surface area contributed by atoms with Gasteiger partial charge in [-0.1, -0.05) is 252 Å². The van der Waals surface area contributed by atoms with E-state index in [0.717, 1.165) is 49.9 Å². The number of esters is 1. The number of nitrogens with one attached hydrogen (secondary N) is 2. The van der Waals surface area contributed by atoms with E-state index in [2.05, 4.69) is 41.2 Å². The van der Waals surface area contributed by atoms with Gasteiger partial charge in [0.2, 0.25) is 0 Å². The molecule has 0 radical (unpaired) electrons. The molecule has 2 amide bonds. The van der Waals surface area contributed by atoms with E-state index in [1.54, 1.807) is 0 Å². The molecule has 2 heterocycles. The SMILES string of the molecule is CCCCCCCCCCCCCCN(CCCCCCCCCCCCCC)C1CCC(N(CCCCCCCCCCCCCC)CCCCCCOC(=O)CCCC[C@@H]2SC[C@@H]3NC(=O)N[C@@H]32)CC1. The molecule has 3 fully saturated rings. The van der Waals surface area contributed by atoms with E-state index >= 15 is 0 Å². The molecule has 424 valence electrons. The van der Waals surface area contributed by atoms with Gasteiger partial charge in [-0.05, 0) is 96.8 Å². The van der Waals surface area contributed by atoms with Crippen molar-refractivity contribution in [3.8, 4) is 0 Å². The van der Waals surface area contributed by atoms with Crippen molar-refractivity contribution in [1.82, 2.24) is 20.4 Å². The summed E-state index contributed by atoms with van der Waals surface area (Å²) in [6.45, 7) is 12.7. The van der Waals surface area contributed by atoms with E-state index in [1.165, 1.54) is 296 Å². The van der Waals surface area contributed by atoms with Gasteiger partial charge in [0.05, 0.1) is 18.7 Å². The molecular weight excluding hydrogens is 905 g/mol. The molecule has 3 rings (SSSR count). The van der Waals surface area contributed by atoms with Gasteiger partial charge in [-0.2, -0.15) is 11.8 Å². The molecule has 0 aromatic rings. The Hall–Kier alpha value is -0.990.